The van der Waals surface area contributed by atoms with Crippen LogP contribution in [-0.2, 0) is 6.42 Å². The molecule has 0 N–H and O–H groups in total. The minimum absolute atomic E-state index is 0.423. The molecule has 0 aliphatic carbocycles. The number of pyridine rings is 1. The molecule has 2 nitrogen and oxygen atoms in total. The Morgan fingerprint density at radius 1 is 1.11 bits per heavy atom. The molecule has 1 aromatic heterocycles. The molecule has 90 valence electrons. The number of nitrogens with zero attached hydrogens (tertiary/aromatic N) is 2. The first-order valence-electron chi connectivity index (χ1n) is 6.03. The second-order valence-electron chi connectivity index (χ2n) is 4.59. The molecule has 0 spiro atoms. The summed E-state index contributed by atoms with van der Waals surface area (Å²) in [5, 5.41) is 8.73. The van der Waals surface area contributed by atoms with E-state index < -0.39 is 0 Å². The monoisotopic (exact) mass is 236 g/mol. The number of aryl methyl sites for hydroxylation is 3. The molecule has 0 saturated heterocycles. The van der Waals surface area contributed by atoms with Gasteiger partial charge in [-0.05, 0) is 38.0 Å². The van der Waals surface area contributed by atoms with E-state index in [1.807, 2.05) is 19.1 Å². The summed E-state index contributed by atoms with van der Waals surface area (Å²) in [6, 6.07) is 12.5. The molecule has 0 fully saturated rings. The molecule has 1 heterocycles. The maximum absolute atomic E-state index is 8.73. The van der Waals surface area contributed by atoms with Crippen molar-refractivity contribution in [2.75, 3.05) is 0 Å². The van der Waals surface area contributed by atoms with Crippen LogP contribution in [0.25, 0.3) is 11.3 Å². The molecule has 18 heavy (non-hydrogen) atoms. The fourth-order valence-corrected chi connectivity index (χ4v) is 2.11. The average molecular weight is 236 g/mol. The van der Waals surface area contributed by atoms with Gasteiger partial charge >= 0.3 is 0 Å². The van der Waals surface area contributed by atoms with Gasteiger partial charge in [-0.3, -0.25) is 4.98 Å². The maximum Gasteiger partial charge on any atom is 0.0708 e. The van der Waals surface area contributed by atoms with Gasteiger partial charge in [0.2, 0.25) is 0 Å². The van der Waals surface area contributed by atoms with E-state index in [1.54, 1.807) is 0 Å². The average Bonchev–Trinajstić information content (AvgIpc) is 2.32. The molecule has 2 aromatic rings. The van der Waals surface area contributed by atoms with Crippen molar-refractivity contribution in [1.29, 1.82) is 5.26 Å². The van der Waals surface area contributed by atoms with Crippen LogP contribution in [0.3, 0.4) is 0 Å². The normalized spacial score (nSPS) is 10.1. The summed E-state index contributed by atoms with van der Waals surface area (Å²) < 4.78 is 0. The topological polar surface area (TPSA) is 36.7 Å². The minimum Gasteiger partial charge on any atom is -0.253 e. The largest absolute Gasteiger partial charge is 0.253 e. The summed E-state index contributed by atoms with van der Waals surface area (Å²) >= 11 is 0. The number of hydrogen-bond donors (Lipinski definition) is 0. The van der Waals surface area contributed by atoms with Crippen LogP contribution in [0, 0.1) is 32.1 Å². The van der Waals surface area contributed by atoms with Crippen molar-refractivity contribution in [3.05, 3.63) is 52.7 Å². The van der Waals surface area contributed by atoms with Crippen LogP contribution < -0.4 is 0 Å². The van der Waals surface area contributed by atoms with E-state index in [9.17, 15) is 0 Å². The van der Waals surface area contributed by atoms with Gasteiger partial charge in [0.05, 0.1) is 18.2 Å². The first-order valence-corrected chi connectivity index (χ1v) is 6.03. The van der Waals surface area contributed by atoms with E-state index in [2.05, 4.69) is 43.1 Å². The van der Waals surface area contributed by atoms with E-state index >= 15 is 0 Å². The number of rotatable bonds is 2. The highest BCUT2D eigenvalue weighted by Crippen LogP contribution is 2.23. The van der Waals surface area contributed by atoms with Gasteiger partial charge in [0, 0.05) is 11.3 Å². The zero-order valence-corrected chi connectivity index (χ0v) is 11.0. The third-order valence-electron chi connectivity index (χ3n) is 3.12. The van der Waals surface area contributed by atoms with Crippen molar-refractivity contribution < 1.29 is 0 Å². The van der Waals surface area contributed by atoms with Crippen molar-refractivity contribution in [2.45, 2.75) is 27.2 Å². The molecule has 2 rings (SSSR count). The fraction of sp³-hybridized carbons (Fsp3) is 0.250. The molecule has 2 heteroatoms. The fourth-order valence-electron chi connectivity index (χ4n) is 2.11. The Bertz CT molecular complexity index is 621. The van der Waals surface area contributed by atoms with E-state index in [4.69, 9.17) is 5.26 Å². The zero-order chi connectivity index (χ0) is 13.1. The third kappa shape index (κ3) is 2.41. The number of hydrogen-bond acceptors (Lipinski definition) is 2. The van der Waals surface area contributed by atoms with E-state index in [0.717, 1.165) is 22.5 Å². The number of benzene rings is 1. The van der Waals surface area contributed by atoms with Gasteiger partial charge in [-0.15, -0.1) is 0 Å². The molecular formula is C16H16N2. The molecule has 0 aliphatic rings. The van der Waals surface area contributed by atoms with Crippen molar-refractivity contribution >= 4 is 0 Å². The predicted molar refractivity (Wildman–Crippen MR) is 73.2 cm³/mol. The molecule has 0 aliphatic heterocycles. The predicted octanol–water partition coefficient (Wildman–Crippen LogP) is 3.74. The Morgan fingerprint density at radius 2 is 1.89 bits per heavy atom. The van der Waals surface area contributed by atoms with Crippen LogP contribution in [0.5, 0.6) is 0 Å². The Hall–Kier alpha value is -2.14. The van der Waals surface area contributed by atoms with Gasteiger partial charge in [-0.1, -0.05) is 29.8 Å². The quantitative estimate of drug-likeness (QED) is 0.796. The summed E-state index contributed by atoms with van der Waals surface area (Å²) in [5.41, 5.74) is 6.57. The molecule has 0 unspecified atom stereocenters. The second kappa shape index (κ2) is 5.01. The van der Waals surface area contributed by atoms with Crippen LogP contribution in [-0.4, -0.2) is 4.98 Å². The van der Waals surface area contributed by atoms with Crippen molar-refractivity contribution in [3.8, 4) is 17.3 Å². The van der Waals surface area contributed by atoms with Gasteiger partial charge in [0.1, 0.15) is 0 Å². The molecular weight excluding hydrogens is 220 g/mol. The van der Waals surface area contributed by atoms with E-state index in [1.165, 1.54) is 11.1 Å². The van der Waals surface area contributed by atoms with Gasteiger partial charge in [-0.2, -0.15) is 5.26 Å². The highest BCUT2D eigenvalue weighted by Gasteiger charge is 2.06. The van der Waals surface area contributed by atoms with Crippen molar-refractivity contribution in [2.24, 2.45) is 0 Å². The molecule has 0 saturated carbocycles. The molecule has 0 atom stereocenters. The van der Waals surface area contributed by atoms with Crippen molar-refractivity contribution in [1.82, 2.24) is 4.98 Å². The molecule has 1 aromatic carbocycles. The standard InChI is InChI=1S/C16H16N2/c1-11-4-6-15(12(2)10-11)16-7-5-14(8-9-17)13(3)18-16/h4-7,10H,8H2,1-3H3. The minimum atomic E-state index is 0.423. The Balaban J connectivity index is 2.46. The number of nitriles is 1. The van der Waals surface area contributed by atoms with Gasteiger partial charge < -0.3 is 0 Å². The third-order valence-corrected chi connectivity index (χ3v) is 3.12. The summed E-state index contributed by atoms with van der Waals surface area (Å²) in [4.78, 5) is 4.60. The summed E-state index contributed by atoms with van der Waals surface area (Å²) in [6.07, 6.45) is 0.423. The summed E-state index contributed by atoms with van der Waals surface area (Å²) in [7, 11) is 0. The maximum atomic E-state index is 8.73. The number of aromatic nitrogens is 1. The van der Waals surface area contributed by atoms with Crippen LogP contribution >= 0.6 is 0 Å². The highest BCUT2D eigenvalue weighted by atomic mass is 14.7. The summed E-state index contributed by atoms with van der Waals surface area (Å²) in [5.74, 6) is 0. The van der Waals surface area contributed by atoms with Crippen LogP contribution in [0.15, 0.2) is 30.3 Å². The van der Waals surface area contributed by atoms with Crippen LogP contribution in [0.2, 0.25) is 0 Å². The lowest BCUT2D eigenvalue weighted by Gasteiger charge is -2.09. The first-order chi connectivity index (χ1) is 8.61. The van der Waals surface area contributed by atoms with Gasteiger partial charge in [0.25, 0.3) is 0 Å². The van der Waals surface area contributed by atoms with Crippen LogP contribution in [0.1, 0.15) is 22.4 Å². The van der Waals surface area contributed by atoms with E-state index in [-0.39, 0.29) is 0 Å². The van der Waals surface area contributed by atoms with Gasteiger partial charge in [0.15, 0.2) is 0 Å². The summed E-state index contributed by atoms with van der Waals surface area (Å²) in [6.45, 7) is 6.15. The first kappa shape index (κ1) is 12.3. The van der Waals surface area contributed by atoms with Crippen LogP contribution in [0.4, 0.5) is 0 Å². The lowest BCUT2D eigenvalue weighted by atomic mass is 10.0. The highest BCUT2D eigenvalue weighted by molar-refractivity contribution is 5.64. The van der Waals surface area contributed by atoms with E-state index in [0.29, 0.717) is 6.42 Å². The Labute approximate surface area is 108 Å². The molecule has 0 amide bonds. The second-order valence-corrected chi connectivity index (χ2v) is 4.59. The molecule has 0 bridgehead atoms. The smallest absolute Gasteiger partial charge is 0.0708 e. The Kier molecular flexibility index (Phi) is 3.43. The molecule has 0 radical (unpaired) electrons. The lowest BCUT2D eigenvalue weighted by Crippen LogP contribution is -1.95. The Morgan fingerprint density at radius 3 is 2.50 bits per heavy atom. The lowest BCUT2D eigenvalue weighted by molar-refractivity contribution is 1.11. The SMILES string of the molecule is Cc1ccc(-c2ccc(CC#N)c(C)n2)c(C)c1. The van der Waals surface area contributed by atoms with Gasteiger partial charge in [-0.25, -0.2) is 0 Å². The zero-order valence-electron chi connectivity index (χ0n) is 11.0. The van der Waals surface area contributed by atoms with Crippen molar-refractivity contribution in [3.63, 3.8) is 0 Å².